The summed E-state index contributed by atoms with van der Waals surface area (Å²) >= 11 is 0. The van der Waals surface area contributed by atoms with Crippen LogP contribution in [0.25, 0.3) is 21.8 Å². The highest BCUT2D eigenvalue weighted by Gasteiger charge is 2.34. The molecule has 24 nitrogen and oxygen atoms in total. The van der Waals surface area contributed by atoms with Crippen molar-refractivity contribution in [2.24, 2.45) is 60.8 Å². The molecule has 0 saturated heterocycles. The van der Waals surface area contributed by atoms with Crippen LogP contribution in [0.5, 0.6) is 0 Å². The minimum absolute atomic E-state index is 0.0392. The number of primary amides is 1. The molecule has 73 heavy (non-hydrogen) atoms. The van der Waals surface area contributed by atoms with Crippen molar-refractivity contribution in [3.63, 3.8) is 0 Å². The molecule has 0 fully saturated rings. The van der Waals surface area contributed by atoms with Gasteiger partial charge in [-0.25, -0.2) is 0 Å². The second-order valence-corrected chi connectivity index (χ2v) is 17.5. The minimum Gasteiger partial charge on any atom is -0.370 e. The van der Waals surface area contributed by atoms with Gasteiger partial charge in [0.25, 0.3) is 0 Å². The van der Waals surface area contributed by atoms with Gasteiger partial charge < -0.3 is 82.4 Å². The van der Waals surface area contributed by atoms with Crippen molar-refractivity contribution >= 4 is 75.1 Å². The summed E-state index contributed by atoms with van der Waals surface area (Å²) in [6, 6.07) is 16.3. The molecule has 0 aliphatic heterocycles. The van der Waals surface area contributed by atoms with Crippen LogP contribution < -0.4 is 72.5 Å². The number of nitrogens with zero attached hydrogens (tertiary/aromatic N) is 3. The monoisotopic (exact) mass is 1000 g/mol. The number of fused-ring (bicyclic) bond motifs is 2. The van der Waals surface area contributed by atoms with Crippen LogP contribution >= 0.6 is 0 Å². The van der Waals surface area contributed by atoms with E-state index >= 15 is 0 Å². The van der Waals surface area contributed by atoms with Gasteiger partial charge in [-0.3, -0.25) is 43.7 Å². The smallest absolute Gasteiger partial charge is 0.243 e. The second-order valence-electron chi connectivity index (χ2n) is 17.5. The maximum Gasteiger partial charge on any atom is 0.243 e. The first kappa shape index (κ1) is 55.3. The fourth-order valence-electron chi connectivity index (χ4n) is 8.10. The molecule has 2 aromatic heterocycles. The third kappa shape index (κ3) is 17.6. The summed E-state index contributed by atoms with van der Waals surface area (Å²) in [5.74, 6) is -4.82. The molecule has 6 amide bonds. The van der Waals surface area contributed by atoms with Crippen LogP contribution in [0.15, 0.2) is 106 Å². The largest absolute Gasteiger partial charge is 0.370 e. The number of para-hydroxylation sites is 2. The summed E-state index contributed by atoms with van der Waals surface area (Å²) in [4.78, 5) is 103. The van der Waals surface area contributed by atoms with E-state index in [2.05, 4.69) is 51.5 Å². The molecular formula is C49H68N18O6. The number of aliphatic imine (C=N–C) groups is 3. The Bertz CT molecular complexity index is 2740. The number of benzene rings is 3. The molecule has 0 aliphatic carbocycles. The fourth-order valence-corrected chi connectivity index (χ4v) is 8.10. The van der Waals surface area contributed by atoms with Gasteiger partial charge in [0.1, 0.15) is 30.2 Å². The highest BCUT2D eigenvalue weighted by Crippen LogP contribution is 2.21. The van der Waals surface area contributed by atoms with Crippen LogP contribution in [-0.2, 0) is 48.0 Å². The predicted molar refractivity (Wildman–Crippen MR) is 281 cm³/mol. The van der Waals surface area contributed by atoms with Crippen LogP contribution in [0.1, 0.15) is 55.2 Å². The van der Waals surface area contributed by atoms with Gasteiger partial charge in [-0.1, -0.05) is 66.7 Å². The van der Waals surface area contributed by atoms with Gasteiger partial charge in [-0.2, -0.15) is 0 Å². The maximum absolute atomic E-state index is 14.9. The Morgan fingerprint density at radius 2 is 0.808 bits per heavy atom. The van der Waals surface area contributed by atoms with E-state index in [1.165, 1.54) is 0 Å². The average Bonchev–Trinajstić information content (AvgIpc) is 3.97. The van der Waals surface area contributed by atoms with E-state index in [0.717, 1.165) is 21.8 Å². The fraction of sp³-hybridized carbons (Fsp3) is 0.367. The van der Waals surface area contributed by atoms with Crippen LogP contribution in [0.3, 0.4) is 0 Å². The van der Waals surface area contributed by atoms with E-state index in [9.17, 15) is 28.8 Å². The highest BCUT2D eigenvalue weighted by molar-refractivity contribution is 5.98. The molecule has 0 spiro atoms. The first-order valence-electron chi connectivity index (χ1n) is 23.9. The number of hydrogen-bond acceptors (Lipinski definition) is 10. The third-order valence-electron chi connectivity index (χ3n) is 11.9. The number of rotatable bonds is 29. The number of nitrogens with two attached hydrogens (primary N) is 8. The summed E-state index contributed by atoms with van der Waals surface area (Å²) in [5, 5.41) is 15.5. The Hall–Kier alpha value is -8.67. The van der Waals surface area contributed by atoms with Crippen molar-refractivity contribution in [1.82, 2.24) is 36.6 Å². The lowest BCUT2D eigenvalue weighted by atomic mass is 10.00. The normalized spacial score (nSPS) is 13.5. The Kier molecular flexibility index (Phi) is 20.9. The molecule has 0 aliphatic rings. The zero-order chi connectivity index (χ0) is 52.9. The third-order valence-corrected chi connectivity index (χ3v) is 11.9. The molecule has 3 aromatic carbocycles. The van der Waals surface area contributed by atoms with E-state index in [0.29, 0.717) is 29.5 Å². The zero-order valence-corrected chi connectivity index (χ0v) is 40.5. The van der Waals surface area contributed by atoms with Gasteiger partial charge in [-0.15, -0.1) is 0 Å². The molecule has 390 valence electrons. The predicted octanol–water partition coefficient (Wildman–Crippen LogP) is -1.93. The molecule has 23 N–H and O–H groups in total. The topological polar surface area (TPSA) is 439 Å². The summed E-state index contributed by atoms with van der Waals surface area (Å²) < 4.78 is 0. The van der Waals surface area contributed by atoms with Gasteiger partial charge in [0.2, 0.25) is 35.4 Å². The number of nitrogens with one attached hydrogen (secondary N) is 7. The minimum atomic E-state index is -1.34. The number of carbonyl (C=O) groups excluding carboxylic acids is 6. The lowest BCUT2D eigenvalue weighted by Crippen LogP contribution is -2.60. The Balaban J connectivity index is 1.46. The van der Waals surface area contributed by atoms with Crippen molar-refractivity contribution in [3.05, 3.63) is 108 Å². The molecule has 5 aromatic rings. The van der Waals surface area contributed by atoms with Gasteiger partial charge in [-0.05, 0) is 67.3 Å². The van der Waals surface area contributed by atoms with Crippen LogP contribution in [0.2, 0.25) is 0 Å². The number of guanidine groups is 3. The van der Waals surface area contributed by atoms with Gasteiger partial charge in [0.05, 0.1) is 6.04 Å². The van der Waals surface area contributed by atoms with Crippen molar-refractivity contribution in [3.8, 4) is 0 Å². The number of aromatic amines is 2. The van der Waals surface area contributed by atoms with Gasteiger partial charge in [0, 0.05) is 73.1 Å². The van der Waals surface area contributed by atoms with Crippen LogP contribution in [0, 0.1) is 0 Å². The van der Waals surface area contributed by atoms with Crippen LogP contribution in [-0.4, -0.2) is 119 Å². The van der Waals surface area contributed by atoms with Crippen LogP contribution in [0.4, 0.5) is 0 Å². The summed E-state index contributed by atoms with van der Waals surface area (Å²) in [5.41, 5.74) is 48.4. The maximum atomic E-state index is 14.9. The van der Waals surface area contributed by atoms with E-state index in [-0.39, 0.29) is 82.5 Å². The summed E-state index contributed by atoms with van der Waals surface area (Å²) in [7, 11) is 0. The Morgan fingerprint density at radius 3 is 1.26 bits per heavy atom. The van der Waals surface area contributed by atoms with E-state index in [1.54, 1.807) is 42.7 Å². The first-order valence-corrected chi connectivity index (χ1v) is 23.9. The average molecular weight is 1010 g/mol. The molecule has 0 unspecified atom stereocenters. The van der Waals surface area contributed by atoms with Gasteiger partial charge in [0.15, 0.2) is 17.9 Å². The Labute approximate surface area is 421 Å². The molecule has 2 heterocycles. The number of H-pyrrole nitrogens is 2. The molecule has 24 heteroatoms. The lowest BCUT2D eigenvalue weighted by molar-refractivity contribution is -0.135. The number of carbonyl (C=O) groups is 6. The number of hydrogen-bond donors (Lipinski definition) is 15. The van der Waals surface area contributed by atoms with E-state index in [4.69, 9.17) is 45.9 Å². The zero-order valence-electron chi connectivity index (χ0n) is 40.5. The highest BCUT2D eigenvalue weighted by atomic mass is 16.2. The summed E-state index contributed by atoms with van der Waals surface area (Å²) in [6.07, 6.45) is 4.54. The van der Waals surface area contributed by atoms with Crippen molar-refractivity contribution in [2.45, 2.75) is 94.0 Å². The summed E-state index contributed by atoms with van der Waals surface area (Å²) in [6.45, 7) is 0.534. The van der Waals surface area contributed by atoms with E-state index < -0.39 is 71.7 Å². The van der Waals surface area contributed by atoms with Crippen molar-refractivity contribution in [2.75, 3.05) is 19.6 Å². The SMILES string of the molecule is NC(=O)[C@H](CCCN=C(N)N)NC(=O)[C@H](Cc1c[nH]c2ccccc12)NC(=O)[C@H](Cc1ccccc1)NC(=O)[C@H](Cc1c[nH]c2ccccc12)NC(=O)[C@H](CCCN=C(N)N)NC(=O)[C@@H](N)CCCN=C(N)N. The Morgan fingerprint density at radius 1 is 0.438 bits per heavy atom. The number of amides is 6. The van der Waals surface area contributed by atoms with Crippen molar-refractivity contribution in [1.29, 1.82) is 0 Å². The molecule has 0 radical (unpaired) electrons. The van der Waals surface area contributed by atoms with Gasteiger partial charge >= 0.3 is 0 Å². The molecule has 0 saturated carbocycles. The molecule has 0 bridgehead atoms. The standard InChI is InChI=1S/C49H68N18O6/c50-33(15-8-20-58-47(52)53)42(69)64-37(19-10-22-60-49(56)57)43(70)66-40(25-30-27-62-35-17-7-5-14-32(30)35)46(73)65-38(23-28-11-2-1-3-12-28)44(71)67-39(24-29-26-61-34-16-6-4-13-31(29)34)45(72)63-36(41(51)68)18-9-21-59-48(54)55/h1-7,11-14,16-17,26-27,33,36-40,61-62H,8-10,15,18-25,50H2,(H2,51,68)(H,63,72)(H,64,69)(H,65,73)(H,66,70)(H,67,71)(H4,52,53,58)(H4,54,55,59)(H4,56,57,60)/t33-,36-,37-,38-,39-,40-/m0/s1. The first-order chi connectivity index (χ1) is 35.0. The molecular weight excluding hydrogens is 937 g/mol. The lowest BCUT2D eigenvalue weighted by Gasteiger charge is -2.27. The van der Waals surface area contributed by atoms with E-state index in [1.807, 2.05) is 48.5 Å². The molecule has 6 atom stereocenters. The molecule has 5 rings (SSSR count). The second kappa shape index (κ2) is 27.7. The number of aromatic nitrogens is 2. The quantitative estimate of drug-likeness (QED) is 0.0141. The van der Waals surface area contributed by atoms with Crippen molar-refractivity contribution < 1.29 is 28.8 Å².